The normalized spacial score (nSPS) is 15.1. The van der Waals surface area contributed by atoms with Gasteiger partial charge in [0, 0.05) is 5.02 Å². The summed E-state index contributed by atoms with van der Waals surface area (Å²) in [5, 5.41) is 0.830. The van der Waals surface area contributed by atoms with Crippen LogP contribution in [0.4, 0.5) is 4.39 Å². The second-order valence-corrected chi connectivity index (χ2v) is 7.46. The zero-order valence-corrected chi connectivity index (χ0v) is 15.0. The molecule has 2 aromatic carbocycles. The molecule has 0 saturated carbocycles. The topological polar surface area (TPSA) is 53.2 Å². The fourth-order valence-corrected chi connectivity index (χ4v) is 3.43. The lowest BCUT2D eigenvalue weighted by Crippen LogP contribution is -2.47. The van der Waals surface area contributed by atoms with Crippen molar-refractivity contribution < 1.29 is 9.13 Å². The van der Waals surface area contributed by atoms with Crippen molar-refractivity contribution in [1.29, 1.82) is 0 Å². The van der Waals surface area contributed by atoms with Crippen LogP contribution in [-0.4, -0.2) is 14.7 Å². The van der Waals surface area contributed by atoms with Crippen molar-refractivity contribution in [2.75, 3.05) is 0 Å². The quantitative estimate of drug-likeness (QED) is 0.692. The Labute approximate surface area is 153 Å². The molecule has 134 valence electrons. The summed E-state index contributed by atoms with van der Waals surface area (Å²) in [5.41, 5.74) is -0.739. The van der Waals surface area contributed by atoms with Crippen LogP contribution in [0, 0.1) is 5.82 Å². The van der Waals surface area contributed by atoms with Gasteiger partial charge in [0.15, 0.2) is 11.6 Å². The predicted molar refractivity (Wildman–Crippen MR) is 97.7 cm³/mol. The molecule has 1 aliphatic heterocycles. The molecule has 0 N–H and O–H groups in total. The molecule has 3 aromatic rings. The highest BCUT2D eigenvalue weighted by Crippen LogP contribution is 2.34. The van der Waals surface area contributed by atoms with E-state index in [0.29, 0.717) is 5.02 Å². The second-order valence-electron chi connectivity index (χ2n) is 7.02. The largest absolute Gasteiger partial charge is 0.481 e. The van der Waals surface area contributed by atoms with E-state index in [2.05, 4.69) is 0 Å². The molecular formula is C19H16ClFN2O3. The minimum absolute atomic E-state index is 0.0495. The van der Waals surface area contributed by atoms with Gasteiger partial charge < -0.3 is 4.74 Å². The summed E-state index contributed by atoms with van der Waals surface area (Å²) in [5.74, 6) is -0.639. The molecule has 4 rings (SSSR count). The molecule has 1 aromatic heterocycles. The maximum Gasteiger partial charge on any atom is 0.332 e. The summed E-state index contributed by atoms with van der Waals surface area (Å²) < 4.78 is 22.6. The highest BCUT2D eigenvalue weighted by atomic mass is 35.5. The van der Waals surface area contributed by atoms with Gasteiger partial charge in [0.05, 0.1) is 18.5 Å². The Balaban J connectivity index is 2.00. The minimum atomic E-state index is -0.769. The van der Waals surface area contributed by atoms with E-state index in [1.807, 2.05) is 0 Å². The van der Waals surface area contributed by atoms with Gasteiger partial charge in [-0.2, -0.15) is 0 Å². The van der Waals surface area contributed by atoms with E-state index in [-0.39, 0.29) is 29.7 Å². The molecule has 0 spiro atoms. The zero-order chi connectivity index (χ0) is 18.6. The summed E-state index contributed by atoms with van der Waals surface area (Å²) in [7, 11) is 0. The number of rotatable bonds is 2. The molecule has 5 nitrogen and oxygen atoms in total. The Bertz CT molecular complexity index is 1150. The van der Waals surface area contributed by atoms with Crippen LogP contribution in [0.25, 0.3) is 10.9 Å². The molecule has 0 atom stereocenters. The number of aromatic nitrogens is 2. The SMILES string of the molecule is CC1(C)Cn2c(=O)n(Cc3ccc(Cl)cc3)c(=O)c3ccc(F)c(c32)O1. The van der Waals surface area contributed by atoms with Gasteiger partial charge in [-0.3, -0.25) is 13.9 Å². The monoisotopic (exact) mass is 374 g/mol. The van der Waals surface area contributed by atoms with Gasteiger partial charge >= 0.3 is 5.69 Å². The minimum Gasteiger partial charge on any atom is -0.481 e. The van der Waals surface area contributed by atoms with E-state index in [1.54, 1.807) is 38.1 Å². The van der Waals surface area contributed by atoms with Crippen molar-refractivity contribution in [2.24, 2.45) is 0 Å². The number of benzene rings is 2. The Kier molecular flexibility index (Phi) is 3.70. The molecule has 0 saturated heterocycles. The average Bonchev–Trinajstić information content (AvgIpc) is 2.59. The maximum absolute atomic E-state index is 14.3. The van der Waals surface area contributed by atoms with Crippen LogP contribution < -0.4 is 16.0 Å². The maximum atomic E-state index is 14.3. The Hall–Kier alpha value is -2.60. The van der Waals surface area contributed by atoms with Crippen molar-refractivity contribution in [1.82, 2.24) is 9.13 Å². The fraction of sp³-hybridized carbons (Fsp3) is 0.263. The lowest BCUT2D eigenvalue weighted by molar-refractivity contribution is 0.0736. The first-order valence-corrected chi connectivity index (χ1v) is 8.54. The highest BCUT2D eigenvalue weighted by Gasteiger charge is 2.32. The summed E-state index contributed by atoms with van der Waals surface area (Å²) in [6, 6.07) is 9.52. The summed E-state index contributed by atoms with van der Waals surface area (Å²) >= 11 is 5.89. The van der Waals surface area contributed by atoms with Crippen LogP contribution in [0.1, 0.15) is 19.4 Å². The molecule has 0 amide bonds. The van der Waals surface area contributed by atoms with Gasteiger partial charge in [0.2, 0.25) is 0 Å². The molecule has 7 heteroatoms. The number of hydrogen-bond acceptors (Lipinski definition) is 3. The van der Waals surface area contributed by atoms with Crippen LogP contribution in [0.5, 0.6) is 5.75 Å². The third-order valence-electron chi connectivity index (χ3n) is 4.46. The number of halogens is 2. The number of hydrogen-bond donors (Lipinski definition) is 0. The molecule has 0 aliphatic carbocycles. The molecule has 0 fully saturated rings. The van der Waals surface area contributed by atoms with Gasteiger partial charge in [-0.1, -0.05) is 23.7 Å². The van der Waals surface area contributed by atoms with Gasteiger partial charge in [0.1, 0.15) is 11.1 Å². The fourth-order valence-electron chi connectivity index (χ4n) is 3.31. The van der Waals surface area contributed by atoms with Gasteiger partial charge in [-0.15, -0.1) is 0 Å². The summed E-state index contributed by atoms with van der Waals surface area (Å²) in [6.07, 6.45) is 0. The molecule has 0 bridgehead atoms. The van der Waals surface area contributed by atoms with E-state index in [9.17, 15) is 14.0 Å². The van der Waals surface area contributed by atoms with Crippen LogP contribution in [0.3, 0.4) is 0 Å². The van der Waals surface area contributed by atoms with Crippen molar-refractivity contribution in [3.8, 4) is 5.75 Å². The molecule has 0 radical (unpaired) electrons. The summed E-state index contributed by atoms with van der Waals surface area (Å²) in [6.45, 7) is 3.88. The Morgan fingerprint density at radius 2 is 1.85 bits per heavy atom. The van der Waals surface area contributed by atoms with Gasteiger partial charge in [-0.05, 0) is 43.7 Å². The van der Waals surface area contributed by atoms with Gasteiger partial charge in [-0.25, -0.2) is 9.18 Å². The molecule has 0 unspecified atom stereocenters. The van der Waals surface area contributed by atoms with Crippen molar-refractivity contribution >= 4 is 22.5 Å². The third kappa shape index (κ3) is 2.61. The van der Waals surface area contributed by atoms with Crippen molar-refractivity contribution in [3.05, 3.63) is 73.6 Å². The first-order valence-electron chi connectivity index (χ1n) is 8.16. The number of ether oxygens (including phenoxy) is 1. The molecular weight excluding hydrogens is 359 g/mol. The van der Waals surface area contributed by atoms with Gasteiger partial charge in [0.25, 0.3) is 5.56 Å². The molecule has 2 heterocycles. The van der Waals surface area contributed by atoms with E-state index < -0.39 is 22.7 Å². The lowest BCUT2D eigenvalue weighted by atomic mass is 10.1. The van der Waals surface area contributed by atoms with Crippen molar-refractivity contribution in [2.45, 2.75) is 32.5 Å². The van der Waals surface area contributed by atoms with Crippen LogP contribution in [-0.2, 0) is 13.1 Å². The summed E-state index contributed by atoms with van der Waals surface area (Å²) in [4.78, 5) is 25.9. The molecule has 1 aliphatic rings. The van der Waals surface area contributed by atoms with Crippen LogP contribution in [0.2, 0.25) is 5.02 Å². The Morgan fingerprint density at radius 1 is 1.15 bits per heavy atom. The Morgan fingerprint density at radius 3 is 2.54 bits per heavy atom. The van der Waals surface area contributed by atoms with E-state index in [4.69, 9.17) is 16.3 Å². The zero-order valence-electron chi connectivity index (χ0n) is 14.3. The van der Waals surface area contributed by atoms with E-state index >= 15 is 0 Å². The molecule has 26 heavy (non-hydrogen) atoms. The first kappa shape index (κ1) is 16.8. The average molecular weight is 375 g/mol. The third-order valence-corrected chi connectivity index (χ3v) is 4.71. The first-order chi connectivity index (χ1) is 12.3. The highest BCUT2D eigenvalue weighted by molar-refractivity contribution is 6.30. The van der Waals surface area contributed by atoms with Crippen LogP contribution >= 0.6 is 11.6 Å². The van der Waals surface area contributed by atoms with E-state index in [1.165, 1.54) is 16.7 Å². The lowest BCUT2D eigenvalue weighted by Gasteiger charge is -2.33. The second kappa shape index (κ2) is 5.71. The standard InChI is InChI=1S/C19H16ClFN2O3/c1-19(2)10-23-15-13(7-8-14(21)16(15)26-19)17(24)22(18(23)25)9-11-3-5-12(20)6-4-11/h3-8H,9-10H2,1-2H3. The van der Waals surface area contributed by atoms with E-state index in [0.717, 1.165) is 10.1 Å². The number of nitrogens with zero attached hydrogens (tertiary/aromatic N) is 2. The van der Waals surface area contributed by atoms with Crippen molar-refractivity contribution in [3.63, 3.8) is 0 Å². The predicted octanol–water partition coefficient (Wildman–Crippen LogP) is 3.18. The van der Waals surface area contributed by atoms with Crippen LogP contribution in [0.15, 0.2) is 46.0 Å². The smallest absolute Gasteiger partial charge is 0.332 e.